The van der Waals surface area contributed by atoms with Crippen molar-refractivity contribution in [1.29, 1.82) is 5.26 Å². The Bertz CT molecular complexity index is 520. The summed E-state index contributed by atoms with van der Waals surface area (Å²) in [5.74, 6) is 0.650. The molecule has 0 saturated heterocycles. The largest absolute Gasteiger partial charge is 0.328 e. The lowest BCUT2D eigenvalue weighted by atomic mass is 10.1. The van der Waals surface area contributed by atoms with Crippen molar-refractivity contribution in [2.45, 2.75) is 39.7 Å². The predicted molar refractivity (Wildman–Crippen MR) is 64.7 cm³/mol. The third kappa shape index (κ3) is 3.91. The van der Waals surface area contributed by atoms with Crippen molar-refractivity contribution in [2.24, 2.45) is 5.92 Å². The van der Waals surface area contributed by atoms with Crippen molar-refractivity contribution >= 4 is 0 Å². The number of H-pyrrole nitrogens is 1. The number of rotatable bonds is 5. The van der Waals surface area contributed by atoms with Crippen LogP contribution in [-0.2, 0) is 6.54 Å². The maximum absolute atomic E-state index is 11.4. The molecule has 1 aromatic heterocycles. The minimum Gasteiger partial charge on any atom is -0.299 e. The molecule has 0 bridgehead atoms. The first-order valence-electron chi connectivity index (χ1n) is 5.78. The maximum Gasteiger partial charge on any atom is 0.328 e. The molecule has 92 valence electrons. The molecule has 0 fully saturated rings. The smallest absolute Gasteiger partial charge is 0.299 e. The lowest BCUT2D eigenvalue weighted by Crippen LogP contribution is -2.31. The second-order valence-electron chi connectivity index (χ2n) is 4.50. The van der Waals surface area contributed by atoms with E-state index in [1.807, 2.05) is 0 Å². The van der Waals surface area contributed by atoms with Crippen molar-refractivity contribution in [2.75, 3.05) is 0 Å². The van der Waals surface area contributed by atoms with Gasteiger partial charge in [-0.1, -0.05) is 26.7 Å². The van der Waals surface area contributed by atoms with E-state index in [1.165, 1.54) is 10.8 Å². The highest BCUT2D eigenvalue weighted by Gasteiger charge is 2.03. The fourth-order valence-corrected chi connectivity index (χ4v) is 1.59. The summed E-state index contributed by atoms with van der Waals surface area (Å²) in [4.78, 5) is 24.7. The van der Waals surface area contributed by atoms with E-state index in [0.29, 0.717) is 12.5 Å². The fraction of sp³-hybridized carbons (Fsp3) is 0.583. The molecular formula is C12H17N3O2. The summed E-state index contributed by atoms with van der Waals surface area (Å²) < 4.78 is 1.39. The number of hydrogen-bond donors (Lipinski definition) is 1. The van der Waals surface area contributed by atoms with Gasteiger partial charge in [-0.2, -0.15) is 5.26 Å². The number of hydrogen-bond acceptors (Lipinski definition) is 3. The second-order valence-corrected chi connectivity index (χ2v) is 4.50. The Morgan fingerprint density at radius 3 is 2.71 bits per heavy atom. The summed E-state index contributed by atoms with van der Waals surface area (Å²) in [6.45, 7) is 4.84. The van der Waals surface area contributed by atoms with Crippen LogP contribution in [0, 0.1) is 17.2 Å². The molecule has 0 aliphatic rings. The van der Waals surface area contributed by atoms with Crippen LogP contribution in [0.25, 0.3) is 0 Å². The first kappa shape index (κ1) is 13.2. The van der Waals surface area contributed by atoms with Crippen LogP contribution in [0.2, 0.25) is 0 Å². The predicted octanol–water partition coefficient (Wildman–Crippen LogP) is 1.23. The molecule has 0 saturated carbocycles. The quantitative estimate of drug-likeness (QED) is 0.780. The number of aromatic nitrogens is 2. The van der Waals surface area contributed by atoms with Crippen molar-refractivity contribution in [3.05, 3.63) is 32.6 Å². The maximum atomic E-state index is 11.4. The molecule has 0 radical (unpaired) electrons. The Balaban J connectivity index is 2.69. The van der Waals surface area contributed by atoms with E-state index >= 15 is 0 Å². The molecule has 0 atom stereocenters. The number of nitriles is 1. The molecule has 17 heavy (non-hydrogen) atoms. The first-order valence-corrected chi connectivity index (χ1v) is 5.78. The van der Waals surface area contributed by atoms with Gasteiger partial charge in [0.1, 0.15) is 11.6 Å². The Morgan fingerprint density at radius 1 is 1.41 bits per heavy atom. The number of nitrogens with zero attached hydrogens (tertiary/aromatic N) is 2. The number of aromatic amines is 1. The average molecular weight is 235 g/mol. The van der Waals surface area contributed by atoms with Gasteiger partial charge in [-0.3, -0.25) is 14.3 Å². The van der Waals surface area contributed by atoms with Crippen LogP contribution in [0.1, 0.15) is 38.7 Å². The topological polar surface area (TPSA) is 78.7 Å². The molecule has 1 heterocycles. The van der Waals surface area contributed by atoms with Crippen molar-refractivity contribution in [1.82, 2.24) is 9.55 Å². The van der Waals surface area contributed by atoms with Crippen LogP contribution in [0.5, 0.6) is 0 Å². The Labute approximate surface area is 99.7 Å². The van der Waals surface area contributed by atoms with Gasteiger partial charge in [0.25, 0.3) is 5.56 Å². The molecule has 5 heteroatoms. The van der Waals surface area contributed by atoms with E-state index in [-0.39, 0.29) is 5.56 Å². The summed E-state index contributed by atoms with van der Waals surface area (Å²) >= 11 is 0. The SMILES string of the molecule is CC(C)CCCCn1cc(C#N)c(=O)[nH]c1=O. The van der Waals surface area contributed by atoms with Crippen LogP contribution < -0.4 is 11.2 Å². The van der Waals surface area contributed by atoms with Crippen LogP contribution >= 0.6 is 0 Å². The van der Waals surface area contributed by atoms with Gasteiger partial charge >= 0.3 is 5.69 Å². The lowest BCUT2D eigenvalue weighted by molar-refractivity contribution is 0.500. The monoisotopic (exact) mass is 235 g/mol. The minimum absolute atomic E-state index is 0.0199. The summed E-state index contributed by atoms with van der Waals surface area (Å²) in [6.07, 6.45) is 4.35. The van der Waals surface area contributed by atoms with E-state index in [0.717, 1.165) is 19.3 Å². The van der Waals surface area contributed by atoms with Crippen LogP contribution in [0.15, 0.2) is 15.8 Å². The van der Waals surface area contributed by atoms with Crippen molar-refractivity contribution in [3.63, 3.8) is 0 Å². The molecule has 0 unspecified atom stereocenters. The average Bonchev–Trinajstić information content (AvgIpc) is 2.26. The normalized spacial score (nSPS) is 10.5. The van der Waals surface area contributed by atoms with E-state index in [2.05, 4.69) is 18.8 Å². The lowest BCUT2D eigenvalue weighted by Gasteiger charge is -2.06. The first-order chi connectivity index (χ1) is 8.04. The summed E-state index contributed by atoms with van der Waals surface area (Å²) in [7, 11) is 0. The zero-order valence-corrected chi connectivity index (χ0v) is 10.2. The van der Waals surface area contributed by atoms with Gasteiger partial charge in [-0.15, -0.1) is 0 Å². The van der Waals surface area contributed by atoms with E-state index < -0.39 is 11.2 Å². The third-order valence-corrected chi connectivity index (χ3v) is 2.56. The Hall–Kier alpha value is -1.83. The highest BCUT2D eigenvalue weighted by Crippen LogP contribution is 2.06. The molecule has 0 amide bonds. The van der Waals surface area contributed by atoms with Crippen molar-refractivity contribution < 1.29 is 0 Å². The standard InChI is InChI=1S/C12H17N3O2/c1-9(2)5-3-4-6-15-8-10(7-13)11(16)14-12(15)17/h8-9H,3-6H2,1-2H3,(H,14,16,17). The molecular weight excluding hydrogens is 218 g/mol. The van der Waals surface area contributed by atoms with E-state index in [9.17, 15) is 9.59 Å². The highest BCUT2D eigenvalue weighted by atomic mass is 16.2. The Morgan fingerprint density at radius 2 is 2.12 bits per heavy atom. The molecule has 0 aliphatic heterocycles. The molecule has 0 spiro atoms. The van der Waals surface area contributed by atoms with Crippen molar-refractivity contribution in [3.8, 4) is 6.07 Å². The van der Waals surface area contributed by atoms with Gasteiger partial charge in [0.2, 0.25) is 0 Å². The van der Waals surface area contributed by atoms with Gasteiger partial charge in [0.15, 0.2) is 0 Å². The molecule has 0 aliphatic carbocycles. The summed E-state index contributed by atoms with van der Waals surface area (Å²) in [6, 6.07) is 1.77. The fourth-order valence-electron chi connectivity index (χ4n) is 1.59. The van der Waals surface area contributed by atoms with Gasteiger partial charge in [0.05, 0.1) is 0 Å². The Kier molecular flexibility index (Phi) is 4.70. The molecule has 1 rings (SSSR count). The molecule has 0 aromatic carbocycles. The zero-order valence-electron chi connectivity index (χ0n) is 10.2. The number of aryl methyl sites for hydroxylation is 1. The molecule has 1 aromatic rings. The number of nitrogens with one attached hydrogen (secondary N) is 1. The summed E-state index contributed by atoms with van der Waals surface area (Å²) in [5, 5.41) is 8.69. The van der Waals surface area contributed by atoms with Crippen LogP contribution in [-0.4, -0.2) is 9.55 Å². The van der Waals surface area contributed by atoms with E-state index in [4.69, 9.17) is 5.26 Å². The zero-order chi connectivity index (χ0) is 12.8. The second kappa shape index (κ2) is 6.04. The minimum atomic E-state index is -0.615. The molecule has 1 N–H and O–H groups in total. The van der Waals surface area contributed by atoms with Gasteiger partial charge < -0.3 is 0 Å². The molecule has 5 nitrogen and oxygen atoms in total. The van der Waals surface area contributed by atoms with Crippen LogP contribution in [0.4, 0.5) is 0 Å². The van der Waals surface area contributed by atoms with Gasteiger partial charge in [-0.25, -0.2) is 4.79 Å². The summed E-state index contributed by atoms with van der Waals surface area (Å²) in [5.41, 5.74) is -1.08. The number of unbranched alkanes of at least 4 members (excludes halogenated alkanes) is 1. The third-order valence-electron chi connectivity index (χ3n) is 2.56. The van der Waals surface area contributed by atoms with Gasteiger partial charge in [0, 0.05) is 12.7 Å². The van der Waals surface area contributed by atoms with Gasteiger partial charge in [-0.05, 0) is 12.3 Å². The van der Waals surface area contributed by atoms with E-state index in [1.54, 1.807) is 6.07 Å². The van der Waals surface area contributed by atoms with Crippen LogP contribution in [0.3, 0.4) is 0 Å². The highest BCUT2D eigenvalue weighted by molar-refractivity contribution is 5.21.